The lowest BCUT2D eigenvalue weighted by molar-refractivity contribution is -0.147. The van der Waals surface area contributed by atoms with Gasteiger partial charge in [-0.05, 0) is 25.5 Å². The number of ether oxygens (including phenoxy) is 1. The maximum Gasteiger partial charge on any atom is 0.331 e. The molecule has 1 saturated heterocycles. The number of esters is 1. The number of hydrogen-bond acceptors (Lipinski definition) is 3. The molecule has 1 aromatic rings. The minimum absolute atomic E-state index is 0.183. The molecule has 118 valence electrons. The van der Waals surface area contributed by atoms with Crippen molar-refractivity contribution in [2.24, 2.45) is 5.41 Å². The van der Waals surface area contributed by atoms with Crippen molar-refractivity contribution >= 4 is 11.9 Å². The van der Waals surface area contributed by atoms with Crippen LogP contribution in [0.15, 0.2) is 42.5 Å². The minimum atomic E-state index is -0.602. The summed E-state index contributed by atoms with van der Waals surface area (Å²) in [6, 6.07) is 8.38. The van der Waals surface area contributed by atoms with Gasteiger partial charge < -0.3 is 4.74 Å². The molecule has 1 amide bonds. The van der Waals surface area contributed by atoms with Crippen LogP contribution in [-0.4, -0.2) is 29.0 Å². The van der Waals surface area contributed by atoms with Crippen molar-refractivity contribution in [2.75, 3.05) is 0 Å². The van der Waals surface area contributed by atoms with Gasteiger partial charge in [0, 0.05) is 11.0 Å². The maximum absolute atomic E-state index is 12.9. The van der Waals surface area contributed by atoms with Crippen LogP contribution in [0.5, 0.6) is 0 Å². The number of carbonyl (C=O) groups is 2. The topological polar surface area (TPSA) is 46.6 Å². The third-order valence-corrected chi connectivity index (χ3v) is 3.63. The number of benzene rings is 1. The standard InChI is InChI=1S/C18H23NO3/c1-12(2)11-14-16(21)22-17(18(3,4)5)19(14)15(20)13-9-7-6-8-10-13/h6-10,14,17H,1,11H2,2-5H3/t14-,17+/m1/s1. The number of carbonyl (C=O) groups excluding carboxylic acids is 2. The average molecular weight is 301 g/mol. The van der Waals surface area contributed by atoms with Crippen LogP contribution < -0.4 is 0 Å². The highest BCUT2D eigenvalue weighted by atomic mass is 16.6. The number of hydrogen-bond donors (Lipinski definition) is 0. The van der Waals surface area contributed by atoms with Crippen molar-refractivity contribution in [2.45, 2.75) is 46.4 Å². The predicted molar refractivity (Wildman–Crippen MR) is 85.2 cm³/mol. The first kappa shape index (κ1) is 16.3. The van der Waals surface area contributed by atoms with Gasteiger partial charge in [0.1, 0.15) is 6.04 Å². The molecule has 0 bridgehead atoms. The molecule has 1 fully saturated rings. The SMILES string of the molecule is C=C(C)C[C@@H]1C(=O)O[C@@H](C(C)(C)C)N1C(=O)c1ccccc1. The van der Waals surface area contributed by atoms with E-state index in [-0.39, 0.29) is 17.3 Å². The first-order chi connectivity index (χ1) is 10.2. The zero-order valence-electron chi connectivity index (χ0n) is 13.6. The van der Waals surface area contributed by atoms with Crippen LogP contribution in [0.1, 0.15) is 44.5 Å². The smallest absolute Gasteiger partial charge is 0.331 e. The summed E-state index contributed by atoms with van der Waals surface area (Å²) in [5, 5.41) is 0. The van der Waals surface area contributed by atoms with Crippen LogP contribution in [0.25, 0.3) is 0 Å². The summed E-state index contributed by atoms with van der Waals surface area (Å²) in [7, 11) is 0. The van der Waals surface area contributed by atoms with Gasteiger partial charge in [-0.3, -0.25) is 9.69 Å². The van der Waals surface area contributed by atoms with Gasteiger partial charge in [-0.1, -0.05) is 44.5 Å². The van der Waals surface area contributed by atoms with E-state index >= 15 is 0 Å². The van der Waals surface area contributed by atoms with Gasteiger partial charge in [-0.2, -0.15) is 0 Å². The van der Waals surface area contributed by atoms with E-state index in [1.54, 1.807) is 17.0 Å². The third kappa shape index (κ3) is 3.21. The van der Waals surface area contributed by atoms with Crippen LogP contribution in [0.4, 0.5) is 0 Å². The van der Waals surface area contributed by atoms with Gasteiger partial charge in [-0.15, -0.1) is 6.58 Å². The first-order valence-corrected chi connectivity index (χ1v) is 7.44. The minimum Gasteiger partial charge on any atom is -0.439 e. The molecule has 22 heavy (non-hydrogen) atoms. The molecule has 0 aliphatic carbocycles. The van der Waals surface area contributed by atoms with E-state index in [9.17, 15) is 9.59 Å². The quantitative estimate of drug-likeness (QED) is 0.635. The summed E-state index contributed by atoms with van der Waals surface area (Å²) in [6.45, 7) is 11.6. The third-order valence-electron chi connectivity index (χ3n) is 3.63. The largest absolute Gasteiger partial charge is 0.439 e. The van der Waals surface area contributed by atoms with Crippen LogP contribution in [0.2, 0.25) is 0 Å². The molecule has 0 N–H and O–H groups in total. The number of nitrogens with zero attached hydrogens (tertiary/aromatic N) is 1. The first-order valence-electron chi connectivity index (χ1n) is 7.44. The van der Waals surface area contributed by atoms with Gasteiger partial charge in [0.25, 0.3) is 5.91 Å². The van der Waals surface area contributed by atoms with Crippen LogP contribution in [-0.2, 0) is 9.53 Å². The molecule has 1 aliphatic heterocycles. The average Bonchev–Trinajstić information content (AvgIpc) is 2.76. The molecule has 0 aromatic heterocycles. The predicted octanol–water partition coefficient (Wildman–Crippen LogP) is 3.39. The highest BCUT2D eigenvalue weighted by Crippen LogP contribution is 2.35. The van der Waals surface area contributed by atoms with Crippen molar-refractivity contribution in [3.05, 3.63) is 48.0 Å². The lowest BCUT2D eigenvalue weighted by Gasteiger charge is -2.34. The fraction of sp³-hybridized carbons (Fsp3) is 0.444. The maximum atomic E-state index is 12.9. The van der Waals surface area contributed by atoms with E-state index in [4.69, 9.17) is 4.74 Å². The number of amides is 1. The Balaban J connectivity index is 2.41. The molecule has 4 nitrogen and oxygen atoms in total. The van der Waals surface area contributed by atoms with Gasteiger partial charge in [-0.25, -0.2) is 4.79 Å². The fourth-order valence-corrected chi connectivity index (χ4v) is 2.61. The summed E-state index contributed by atoms with van der Waals surface area (Å²) in [4.78, 5) is 26.7. The van der Waals surface area contributed by atoms with Crippen molar-refractivity contribution < 1.29 is 14.3 Å². The Bertz CT molecular complexity index is 586. The Labute approximate surface area is 131 Å². The van der Waals surface area contributed by atoms with E-state index in [1.807, 2.05) is 45.9 Å². The van der Waals surface area contributed by atoms with Crippen LogP contribution in [0.3, 0.4) is 0 Å². The molecule has 2 rings (SSSR count). The van der Waals surface area contributed by atoms with Crippen molar-refractivity contribution in [1.82, 2.24) is 4.90 Å². The lowest BCUT2D eigenvalue weighted by Crippen LogP contribution is -2.47. The number of cyclic esters (lactones) is 1. The van der Waals surface area contributed by atoms with E-state index < -0.39 is 12.3 Å². The van der Waals surface area contributed by atoms with Gasteiger partial charge in [0.15, 0.2) is 6.23 Å². The van der Waals surface area contributed by atoms with E-state index in [0.717, 1.165) is 5.57 Å². The van der Waals surface area contributed by atoms with Crippen LogP contribution in [0, 0.1) is 5.41 Å². The molecule has 2 atom stereocenters. The lowest BCUT2D eigenvalue weighted by atomic mass is 9.92. The highest BCUT2D eigenvalue weighted by Gasteiger charge is 2.49. The Kier molecular flexibility index (Phi) is 4.40. The van der Waals surface area contributed by atoms with E-state index in [0.29, 0.717) is 12.0 Å². The molecule has 1 aromatic carbocycles. The Morgan fingerprint density at radius 2 is 1.86 bits per heavy atom. The molecule has 4 heteroatoms. The zero-order valence-corrected chi connectivity index (χ0v) is 13.6. The second kappa shape index (κ2) is 5.95. The molecule has 0 unspecified atom stereocenters. The monoisotopic (exact) mass is 301 g/mol. The Hall–Kier alpha value is -2.10. The Morgan fingerprint density at radius 3 is 2.36 bits per heavy atom. The summed E-state index contributed by atoms with van der Waals surface area (Å²) >= 11 is 0. The molecule has 1 aliphatic rings. The summed E-state index contributed by atoms with van der Waals surface area (Å²) in [5.74, 6) is -0.537. The summed E-state index contributed by atoms with van der Waals surface area (Å²) in [5.41, 5.74) is 1.05. The van der Waals surface area contributed by atoms with Crippen LogP contribution >= 0.6 is 0 Å². The normalized spacial score (nSPS) is 21.6. The molecule has 0 saturated carbocycles. The van der Waals surface area contributed by atoms with Gasteiger partial charge in [0.2, 0.25) is 0 Å². The highest BCUT2D eigenvalue weighted by molar-refractivity contribution is 5.98. The molecule has 0 spiro atoms. The molecular weight excluding hydrogens is 278 g/mol. The van der Waals surface area contributed by atoms with Gasteiger partial charge in [0.05, 0.1) is 0 Å². The second-order valence-corrected chi connectivity index (χ2v) is 6.91. The van der Waals surface area contributed by atoms with Crippen molar-refractivity contribution in [1.29, 1.82) is 0 Å². The van der Waals surface area contributed by atoms with Crippen molar-refractivity contribution in [3.63, 3.8) is 0 Å². The second-order valence-electron chi connectivity index (χ2n) is 6.91. The zero-order chi connectivity index (χ0) is 16.5. The summed E-state index contributed by atoms with van der Waals surface area (Å²) < 4.78 is 5.52. The molecule has 0 radical (unpaired) electrons. The Morgan fingerprint density at radius 1 is 1.27 bits per heavy atom. The molecule has 1 heterocycles. The van der Waals surface area contributed by atoms with E-state index in [2.05, 4.69) is 6.58 Å². The van der Waals surface area contributed by atoms with Gasteiger partial charge >= 0.3 is 5.97 Å². The summed E-state index contributed by atoms with van der Waals surface area (Å²) in [6.07, 6.45) is -0.152. The van der Waals surface area contributed by atoms with E-state index in [1.165, 1.54) is 0 Å². The number of rotatable bonds is 3. The fourth-order valence-electron chi connectivity index (χ4n) is 2.61. The van der Waals surface area contributed by atoms with Crippen molar-refractivity contribution in [3.8, 4) is 0 Å². The molecular formula is C18H23NO3.